The lowest BCUT2D eigenvalue weighted by Gasteiger charge is -2.10. The summed E-state index contributed by atoms with van der Waals surface area (Å²) in [5.74, 6) is 1.84. The van der Waals surface area contributed by atoms with E-state index in [1.165, 1.54) is 17.0 Å². The number of nitrogens with one attached hydrogen (secondary N) is 1. The number of ether oxygens (including phenoxy) is 3. The van der Waals surface area contributed by atoms with Crippen LogP contribution in [0.4, 0.5) is 0 Å². The second-order valence-corrected chi connectivity index (χ2v) is 8.96. The molecule has 0 atom stereocenters. The lowest BCUT2D eigenvalue weighted by molar-refractivity contribution is -0.118. The number of methoxy groups -OCH3 is 3. The van der Waals surface area contributed by atoms with Gasteiger partial charge in [0.25, 0.3) is 0 Å². The molecule has 9 nitrogen and oxygen atoms in total. The van der Waals surface area contributed by atoms with E-state index >= 15 is 0 Å². The first kappa shape index (κ1) is 25.6. The molecule has 0 saturated carbocycles. The number of carbonyl (C=O) groups excluding carboxylic acids is 1. The van der Waals surface area contributed by atoms with E-state index in [0.717, 1.165) is 29.0 Å². The second-order valence-electron chi connectivity index (χ2n) is 6.66. The quantitative estimate of drug-likeness (QED) is 0.482. The van der Waals surface area contributed by atoms with Gasteiger partial charge in [-0.25, -0.2) is 8.42 Å². The van der Waals surface area contributed by atoms with E-state index in [9.17, 15) is 13.2 Å². The van der Waals surface area contributed by atoms with Crippen molar-refractivity contribution in [1.29, 1.82) is 5.26 Å². The molecule has 2 aromatic rings. The van der Waals surface area contributed by atoms with Crippen molar-refractivity contribution in [2.24, 2.45) is 0 Å². The van der Waals surface area contributed by atoms with Crippen LogP contribution in [0.5, 0.6) is 17.2 Å². The van der Waals surface area contributed by atoms with Crippen LogP contribution in [0.2, 0.25) is 0 Å². The summed E-state index contributed by atoms with van der Waals surface area (Å²) in [5, 5.41) is 11.6. The average Bonchev–Trinajstić information content (AvgIpc) is 3.13. The highest BCUT2D eigenvalue weighted by molar-refractivity contribution is 7.95. The van der Waals surface area contributed by atoms with Crippen LogP contribution < -0.4 is 19.5 Å². The molecule has 1 aliphatic heterocycles. The Bertz CT molecular complexity index is 1150. The van der Waals surface area contributed by atoms with Crippen molar-refractivity contribution in [3.8, 4) is 23.3 Å². The minimum atomic E-state index is -3.94. The lowest BCUT2D eigenvalue weighted by Crippen LogP contribution is -2.24. The van der Waals surface area contributed by atoms with Gasteiger partial charge >= 0.3 is 0 Å². The first-order valence-electron chi connectivity index (χ1n) is 9.45. The fourth-order valence-electron chi connectivity index (χ4n) is 2.60. The molecule has 1 saturated heterocycles. The molecule has 0 unspecified atom stereocenters. The zero-order valence-corrected chi connectivity index (χ0v) is 20.1. The number of sulfone groups is 1. The van der Waals surface area contributed by atoms with Crippen molar-refractivity contribution in [2.75, 3.05) is 27.9 Å². The highest BCUT2D eigenvalue weighted by Gasteiger charge is 2.26. The smallest absolute Gasteiger partial charge is 0.246 e. The van der Waals surface area contributed by atoms with Crippen LogP contribution >= 0.6 is 12.2 Å². The Balaban J connectivity index is 0.000000273. The minimum Gasteiger partial charge on any atom is -0.496 e. The van der Waals surface area contributed by atoms with E-state index in [1.54, 1.807) is 57.7 Å². The van der Waals surface area contributed by atoms with Crippen molar-refractivity contribution in [3.63, 3.8) is 0 Å². The normalized spacial score (nSPS) is 13.4. The predicted molar refractivity (Wildman–Crippen MR) is 126 cm³/mol. The summed E-state index contributed by atoms with van der Waals surface area (Å²) in [6.45, 7) is 1.73. The maximum atomic E-state index is 12.4. The van der Waals surface area contributed by atoms with E-state index in [2.05, 4.69) is 5.32 Å². The third kappa shape index (κ3) is 6.68. The van der Waals surface area contributed by atoms with Gasteiger partial charge < -0.3 is 24.4 Å². The molecule has 0 bridgehead atoms. The molecular formula is C22H23N3O6S2. The number of nitrogens with zero attached hydrogens (tertiary/aromatic N) is 2. The van der Waals surface area contributed by atoms with Crippen LogP contribution in [0.15, 0.2) is 58.5 Å². The number of carbonyl (C=O) groups is 1. The molecule has 174 valence electrons. The molecule has 0 aliphatic carbocycles. The molecule has 33 heavy (non-hydrogen) atoms. The molecule has 0 radical (unpaired) electrons. The van der Waals surface area contributed by atoms with Gasteiger partial charge in [0.2, 0.25) is 15.7 Å². The molecular weight excluding hydrogens is 466 g/mol. The van der Waals surface area contributed by atoms with Gasteiger partial charge in [-0.3, -0.25) is 4.79 Å². The molecule has 1 amide bonds. The summed E-state index contributed by atoms with van der Waals surface area (Å²) >= 11 is 4.89. The first-order valence-corrected chi connectivity index (χ1v) is 11.3. The standard InChI is InChI=1S/C13H11N3O3S2.C9H12O3/c1-9-2-4-10(5-3-9)21(18,19)11(6-14)7-16-8-12(17)15-13(16)20;1-10-7-4-8(11-2)6-9(5-7)12-3/h2-5,7H,8H2,1H3,(H,15,17,20);4-6H,1-3H3/b11-7+;. The molecule has 1 heterocycles. The van der Waals surface area contributed by atoms with Crippen molar-refractivity contribution < 1.29 is 27.4 Å². The average molecular weight is 490 g/mol. The van der Waals surface area contributed by atoms with Gasteiger partial charge in [-0.1, -0.05) is 17.7 Å². The number of rotatable bonds is 6. The molecule has 1 aliphatic rings. The van der Waals surface area contributed by atoms with Gasteiger partial charge in [0.1, 0.15) is 29.9 Å². The molecule has 2 aromatic carbocycles. The van der Waals surface area contributed by atoms with Crippen LogP contribution in [-0.4, -0.2) is 52.2 Å². The van der Waals surface area contributed by atoms with Gasteiger partial charge in [0, 0.05) is 24.4 Å². The van der Waals surface area contributed by atoms with Crippen molar-refractivity contribution >= 4 is 33.1 Å². The number of hydrogen-bond acceptors (Lipinski definition) is 8. The van der Waals surface area contributed by atoms with Gasteiger partial charge in [-0.2, -0.15) is 5.26 Å². The number of hydrogen-bond donors (Lipinski definition) is 1. The Hall–Kier alpha value is -3.62. The number of allylic oxidation sites excluding steroid dienone is 1. The Kier molecular flexibility index (Phi) is 8.78. The summed E-state index contributed by atoms with van der Waals surface area (Å²) in [5.41, 5.74) is 0.909. The van der Waals surface area contributed by atoms with Crippen LogP contribution in [0.25, 0.3) is 0 Å². The fourth-order valence-corrected chi connectivity index (χ4v) is 3.97. The summed E-state index contributed by atoms with van der Waals surface area (Å²) in [6.07, 6.45) is 1.08. The van der Waals surface area contributed by atoms with Crippen LogP contribution in [0.3, 0.4) is 0 Å². The number of nitriles is 1. The third-order valence-electron chi connectivity index (χ3n) is 4.39. The lowest BCUT2D eigenvalue weighted by atomic mass is 10.2. The number of benzene rings is 2. The predicted octanol–water partition coefficient (Wildman–Crippen LogP) is 2.56. The summed E-state index contributed by atoms with van der Waals surface area (Å²) in [6, 6.07) is 13.2. The molecule has 0 aromatic heterocycles. The van der Waals surface area contributed by atoms with Crippen molar-refractivity contribution in [2.45, 2.75) is 11.8 Å². The zero-order chi connectivity index (χ0) is 24.6. The Labute approximate surface area is 198 Å². The van der Waals surface area contributed by atoms with E-state index in [-0.39, 0.29) is 22.5 Å². The summed E-state index contributed by atoms with van der Waals surface area (Å²) < 4.78 is 39.9. The second kappa shape index (κ2) is 11.3. The minimum absolute atomic E-state index is 0.0188. The molecule has 11 heteroatoms. The van der Waals surface area contributed by atoms with E-state index in [1.807, 2.05) is 6.92 Å². The third-order valence-corrected chi connectivity index (χ3v) is 6.39. The van der Waals surface area contributed by atoms with Crippen LogP contribution in [0, 0.1) is 18.3 Å². The highest BCUT2D eigenvalue weighted by Crippen LogP contribution is 2.26. The Morgan fingerprint density at radius 1 is 1.06 bits per heavy atom. The monoisotopic (exact) mass is 489 g/mol. The topological polar surface area (TPSA) is 118 Å². The largest absolute Gasteiger partial charge is 0.496 e. The number of amides is 1. The SMILES string of the molecule is COc1cc(OC)cc(OC)c1.Cc1ccc(S(=O)(=O)/C(C#N)=C/N2CC(=O)NC2=S)cc1. The Morgan fingerprint density at radius 3 is 1.91 bits per heavy atom. The molecule has 0 spiro atoms. The van der Waals surface area contributed by atoms with Gasteiger partial charge in [-0.05, 0) is 31.3 Å². The number of aryl methyl sites for hydroxylation is 1. The maximum absolute atomic E-state index is 12.4. The first-order chi connectivity index (χ1) is 15.6. The zero-order valence-electron chi connectivity index (χ0n) is 18.5. The van der Waals surface area contributed by atoms with Crippen LogP contribution in [-0.2, 0) is 14.6 Å². The Morgan fingerprint density at radius 2 is 1.55 bits per heavy atom. The van der Waals surface area contributed by atoms with Gasteiger partial charge in [0.15, 0.2) is 10.0 Å². The van der Waals surface area contributed by atoms with Crippen LogP contribution in [0.1, 0.15) is 5.56 Å². The molecule has 1 fully saturated rings. The summed E-state index contributed by atoms with van der Waals surface area (Å²) in [4.78, 5) is 12.0. The highest BCUT2D eigenvalue weighted by atomic mass is 32.2. The van der Waals surface area contributed by atoms with Crippen molar-refractivity contribution in [1.82, 2.24) is 10.2 Å². The van der Waals surface area contributed by atoms with Gasteiger partial charge in [-0.15, -0.1) is 0 Å². The summed E-state index contributed by atoms with van der Waals surface area (Å²) in [7, 11) is 0.879. The van der Waals surface area contributed by atoms with E-state index in [0.29, 0.717) is 0 Å². The van der Waals surface area contributed by atoms with Gasteiger partial charge in [0.05, 0.1) is 26.2 Å². The molecule has 3 rings (SSSR count). The maximum Gasteiger partial charge on any atom is 0.246 e. The fraction of sp³-hybridized carbons (Fsp3) is 0.227. The van der Waals surface area contributed by atoms with Crippen molar-refractivity contribution in [3.05, 3.63) is 59.1 Å². The molecule has 1 N–H and O–H groups in total. The van der Waals surface area contributed by atoms with E-state index < -0.39 is 14.7 Å². The number of thiocarbonyl (C=S) groups is 1. The van der Waals surface area contributed by atoms with E-state index in [4.69, 9.17) is 31.7 Å².